The Morgan fingerprint density at radius 3 is 2.39 bits per heavy atom. The van der Waals surface area contributed by atoms with E-state index in [0.29, 0.717) is 24.5 Å². The standard InChI is InChI=1S/C22H26FN3O2/c23-21-7-1-2-8-22(21)28-16-14-26-12-10-25(11-13-26)9-4-15-27-20-6-3-5-19(17-20)18-24/h1-3,5-8,17H,4,9-16H2. The predicted molar refractivity (Wildman–Crippen MR) is 106 cm³/mol. The molecule has 1 saturated heterocycles. The molecule has 2 aromatic rings. The van der Waals surface area contributed by atoms with Crippen molar-refractivity contribution in [3.05, 3.63) is 59.9 Å². The van der Waals surface area contributed by atoms with Crippen LogP contribution in [0.25, 0.3) is 0 Å². The van der Waals surface area contributed by atoms with Crippen LogP contribution in [0.1, 0.15) is 12.0 Å². The van der Waals surface area contributed by atoms with Gasteiger partial charge in [0, 0.05) is 39.3 Å². The summed E-state index contributed by atoms with van der Waals surface area (Å²) in [6.45, 7) is 6.96. The number of hydrogen-bond acceptors (Lipinski definition) is 5. The average Bonchev–Trinajstić information content (AvgIpc) is 2.74. The molecular weight excluding hydrogens is 357 g/mol. The summed E-state index contributed by atoms with van der Waals surface area (Å²) in [6.07, 6.45) is 0.952. The molecule has 0 saturated carbocycles. The minimum Gasteiger partial charge on any atom is -0.494 e. The summed E-state index contributed by atoms with van der Waals surface area (Å²) in [5.74, 6) is 0.758. The monoisotopic (exact) mass is 383 g/mol. The first-order valence-electron chi connectivity index (χ1n) is 9.69. The second-order valence-electron chi connectivity index (χ2n) is 6.80. The van der Waals surface area contributed by atoms with E-state index in [1.54, 1.807) is 30.3 Å². The van der Waals surface area contributed by atoms with Crippen molar-refractivity contribution in [1.82, 2.24) is 9.80 Å². The smallest absolute Gasteiger partial charge is 0.165 e. The van der Waals surface area contributed by atoms with E-state index in [0.717, 1.165) is 51.4 Å². The molecule has 3 rings (SSSR count). The van der Waals surface area contributed by atoms with Crippen molar-refractivity contribution in [1.29, 1.82) is 5.26 Å². The van der Waals surface area contributed by atoms with Gasteiger partial charge < -0.3 is 14.4 Å². The average molecular weight is 383 g/mol. The van der Waals surface area contributed by atoms with Crippen LogP contribution in [0.5, 0.6) is 11.5 Å². The largest absolute Gasteiger partial charge is 0.494 e. The third kappa shape index (κ3) is 6.22. The minimum atomic E-state index is -0.311. The lowest BCUT2D eigenvalue weighted by molar-refractivity contribution is 0.111. The Bertz CT molecular complexity index is 785. The van der Waals surface area contributed by atoms with Crippen LogP contribution in [0.3, 0.4) is 0 Å². The summed E-state index contributed by atoms with van der Waals surface area (Å²) in [6, 6.07) is 15.9. The molecular formula is C22H26FN3O2. The van der Waals surface area contributed by atoms with Crippen LogP contribution in [0.4, 0.5) is 4.39 Å². The van der Waals surface area contributed by atoms with Crippen molar-refractivity contribution in [2.45, 2.75) is 6.42 Å². The fourth-order valence-corrected chi connectivity index (χ4v) is 3.22. The number of nitrogens with zero attached hydrogens (tertiary/aromatic N) is 3. The molecule has 5 nitrogen and oxygen atoms in total. The number of para-hydroxylation sites is 1. The van der Waals surface area contributed by atoms with E-state index in [1.807, 2.05) is 12.1 Å². The number of halogens is 1. The normalized spacial score (nSPS) is 15.1. The summed E-state index contributed by atoms with van der Waals surface area (Å²) < 4.78 is 24.8. The molecule has 0 spiro atoms. The Hall–Kier alpha value is -2.62. The molecule has 0 radical (unpaired) electrons. The zero-order valence-corrected chi connectivity index (χ0v) is 16.0. The van der Waals surface area contributed by atoms with Gasteiger partial charge in [-0.25, -0.2) is 4.39 Å². The van der Waals surface area contributed by atoms with Gasteiger partial charge in [-0.15, -0.1) is 0 Å². The number of nitriles is 1. The highest BCUT2D eigenvalue weighted by atomic mass is 19.1. The lowest BCUT2D eigenvalue weighted by Crippen LogP contribution is -2.47. The third-order valence-corrected chi connectivity index (χ3v) is 4.82. The first kappa shape index (κ1) is 20.1. The number of benzene rings is 2. The van der Waals surface area contributed by atoms with Crippen molar-refractivity contribution >= 4 is 0 Å². The maximum atomic E-state index is 13.5. The third-order valence-electron chi connectivity index (χ3n) is 4.82. The molecule has 0 aliphatic carbocycles. The summed E-state index contributed by atoms with van der Waals surface area (Å²) >= 11 is 0. The van der Waals surface area contributed by atoms with E-state index in [9.17, 15) is 4.39 Å². The van der Waals surface area contributed by atoms with Crippen LogP contribution in [-0.4, -0.2) is 62.3 Å². The Balaban J connectivity index is 1.27. The lowest BCUT2D eigenvalue weighted by atomic mass is 10.2. The molecule has 0 N–H and O–H groups in total. The number of ether oxygens (including phenoxy) is 2. The van der Waals surface area contributed by atoms with E-state index in [-0.39, 0.29) is 5.82 Å². The predicted octanol–water partition coefficient (Wildman–Crippen LogP) is 3.16. The van der Waals surface area contributed by atoms with Crippen LogP contribution < -0.4 is 9.47 Å². The van der Waals surface area contributed by atoms with Gasteiger partial charge in [-0.3, -0.25) is 4.90 Å². The molecule has 0 unspecified atom stereocenters. The zero-order chi connectivity index (χ0) is 19.6. The van der Waals surface area contributed by atoms with Gasteiger partial charge >= 0.3 is 0 Å². The number of piperazine rings is 1. The van der Waals surface area contributed by atoms with Gasteiger partial charge in [-0.1, -0.05) is 18.2 Å². The Morgan fingerprint density at radius 1 is 0.893 bits per heavy atom. The second kappa shape index (κ2) is 10.6. The molecule has 0 bridgehead atoms. The molecule has 1 fully saturated rings. The Labute approximate surface area is 165 Å². The van der Waals surface area contributed by atoms with E-state index < -0.39 is 0 Å². The maximum absolute atomic E-state index is 13.5. The molecule has 148 valence electrons. The molecule has 0 aromatic heterocycles. The van der Waals surface area contributed by atoms with Gasteiger partial charge in [0.25, 0.3) is 0 Å². The Kier molecular flexibility index (Phi) is 7.65. The highest BCUT2D eigenvalue weighted by molar-refractivity contribution is 5.36. The Morgan fingerprint density at radius 2 is 1.64 bits per heavy atom. The topological polar surface area (TPSA) is 48.7 Å². The van der Waals surface area contributed by atoms with Crippen LogP contribution in [0, 0.1) is 17.1 Å². The summed E-state index contributed by atoms with van der Waals surface area (Å²) in [7, 11) is 0. The van der Waals surface area contributed by atoms with Gasteiger partial charge in [-0.2, -0.15) is 5.26 Å². The molecule has 1 aliphatic heterocycles. The molecule has 1 aliphatic rings. The van der Waals surface area contributed by atoms with Crippen molar-refractivity contribution in [3.8, 4) is 17.6 Å². The van der Waals surface area contributed by atoms with Gasteiger partial charge in [0.15, 0.2) is 11.6 Å². The van der Waals surface area contributed by atoms with Gasteiger partial charge in [-0.05, 0) is 36.8 Å². The number of hydrogen-bond donors (Lipinski definition) is 0. The molecule has 0 amide bonds. The van der Waals surface area contributed by atoms with E-state index >= 15 is 0 Å². The number of rotatable bonds is 9. The van der Waals surface area contributed by atoms with Crippen molar-refractivity contribution in [2.75, 3.05) is 52.5 Å². The molecule has 28 heavy (non-hydrogen) atoms. The molecule has 0 atom stereocenters. The first-order chi connectivity index (χ1) is 13.7. The lowest BCUT2D eigenvalue weighted by Gasteiger charge is -2.34. The minimum absolute atomic E-state index is 0.311. The SMILES string of the molecule is N#Cc1cccc(OCCCN2CCN(CCOc3ccccc3F)CC2)c1. The van der Waals surface area contributed by atoms with Crippen LogP contribution in [0.2, 0.25) is 0 Å². The zero-order valence-electron chi connectivity index (χ0n) is 16.0. The summed E-state index contributed by atoms with van der Waals surface area (Å²) in [5, 5.41) is 8.91. The second-order valence-corrected chi connectivity index (χ2v) is 6.80. The van der Waals surface area contributed by atoms with Crippen molar-refractivity contribution in [2.24, 2.45) is 0 Å². The fraction of sp³-hybridized carbons (Fsp3) is 0.409. The van der Waals surface area contributed by atoms with Crippen molar-refractivity contribution < 1.29 is 13.9 Å². The van der Waals surface area contributed by atoms with Crippen LogP contribution in [-0.2, 0) is 0 Å². The molecule has 1 heterocycles. The molecule has 2 aromatic carbocycles. The first-order valence-corrected chi connectivity index (χ1v) is 9.69. The van der Waals surface area contributed by atoms with E-state index in [1.165, 1.54) is 6.07 Å². The molecule has 6 heteroatoms. The summed E-state index contributed by atoms with van der Waals surface area (Å²) in [5.41, 5.74) is 0.618. The van der Waals surface area contributed by atoms with Gasteiger partial charge in [0.1, 0.15) is 12.4 Å². The fourth-order valence-electron chi connectivity index (χ4n) is 3.22. The van der Waals surface area contributed by atoms with Crippen molar-refractivity contribution in [3.63, 3.8) is 0 Å². The van der Waals surface area contributed by atoms with Crippen LogP contribution >= 0.6 is 0 Å². The highest BCUT2D eigenvalue weighted by Gasteiger charge is 2.16. The maximum Gasteiger partial charge on any atom is 0.165 e. The van der Waals surface area contributed by atoms with E-state index in [4.69, 9.17) is 14.7 Å². The van der Waals surface area contributed by atoms with Crippen LogP contribution in [0.15, 0.2) is 48.5 Å². The van der Waals surface area contributed by atoms with E-state index in [2.05, 4.69) is 15.9 Å². The van der Waals surface area contributed by atoms with Gasteiger partial charge in [0.05, 0.1) is 18.2 Å². The highest BCUT2D eigenvalue weighted by Crippen LogP contribution is 2.15. The van der Waals surface area contributed by atoms with Gasteiger partial charge in [0.2, 0.25) is 0 Å². The summed E-state index contributed by atoms with van der Waals surface area (Å²) in [4.78, 5) is 4.78. The quantitative estimate of drug-likeness (QED) is 0.623.